The Labute approximate surface area is 160 Å². The lowest BCUT2D eigenvalue weighted by atomic mass is 10.3. The van der Waals surface area contributed by atoms with Crippen LogP contribution in [0.4, 0.5) is 0 Å². The second kappa shape index (κ2) is 9.06. The zero-order chi connectivity index (χ0) is 18.4. The third-order valence-electron chi connectivity index (χ3n) is 4.65. The number of hydrogen-bond acceptors (Lipinski definition) is 3. The van der Waals surface area contributed by atoms with Gasteiger partial charge in [0.15, 0.2) is 0 Å². The molecule has 138 valence electrons. The van der Waals surface area contributed by atoms with Crippen molar-refractivity contribution in [3.8, 4) is 5.75 Å². The minimum atomic E-state index is 0.446. The number of para-hydroxylation sites is 1. The van der Waals surface area contributed by atoms with E-state index in [4.69, 9.17) is 21.3 Å². The van der Waals surface area contributed by atoms with E-state index in [9.17, 15) is 0 Å². The Morgan fingerprint density at radius 3 is 2.58 bits per heavy atom. The molecule has 0 amide bonds. The number of imidazole rings is 1. The first-order valence-corrected chi connectivity index (χ1v) is 9.64. The Bertz CT molecular complexity index is 828. The van der Waals surface area contributed by atoms with Gasteiger partial charge in [-0.3, -0.25) is 0 Å². The van der Waals surface area contributed by atoms with Gasteiger partial charge >= 0.3 is 0 Å². The first-order chi connectivity index (χ1) is 12.7. The molecule has 0 aliphatic carbocycles. The summed E-state index contributed by atoms with van der Waals surface area (Å²) in [6, 6.07) is 15.8. The summed E-state index contributed by atoms with van der Waals surface area (Å²) in [5, 5.41) is 0.709. The molecule has 0 radical (unpaired) electrons. The highest BCUT2D eigenvalue weighted by atomic mass is 35.5. The number of rotatable bonds is 9. The summed E-state index contributed by atoms with van der Waals surface area (Å²) in [4.78, 5) is 7.21. The molecule has 0 unspecified atom stereocenters. The van der Waals surface area contributed by atoms with Crippen LogP contribution < -0.4 is 4.74 Å². The SMILES string of the molecule is CCN(CC)CCCn1c(COc2ccccc2)nc2cc(Cl)ccc21. The molecular formula is C21H26ClN3O. The van der Waals surface area contributed by atoms with Crippen LogP contribution in [-0.4, -0.2) is 34.1 Å². The third kappa shape index (κ3) is 4.57. The van der Waals surface area contributed by atoms with Gasteiger partial charge in [0.2, 0.25) is 0 Å². The number of aryl methyl sites for hydroxylation is 1. The van der Waals surface area contributed by atoms with Gasteiger partial charge < -0.3 is 14.2 Å². The fourth-order valence-corrected chi connectivity index (χ4v) is 3.34. The number of ether oxygens (including phenoxy) is 1. The van der Waals surface area contributed by atoms with E-state index in [2.05, 4.69) is 23.3 Å². The maximum Gasteiger partial charge on any atom is 0.147 e. The molecule has 0 spiro atoms. The van der Waals surface area contributed by atoms with Crippen LogP contribution >= 0.6 is 11.6 Å². The van der Waals surface area contributed by atoms with E-state index in [1.807, 2.05) is 48.5 Å². The molecule has 3 rings (SSSR count). The Kier molecular flexibility index (Phi) is 6.53. The molecular weight excluding hydrogens is 346 g/mol. The molecule has 0 N–H and O–H groups in total. The fourth-order valence-electron chi connectivity index (χ4n) is 3.17. The van der Waals surface area contributed by atoms with Gasteiger partial charge in [-0.25, -0.2) is 4.98 Å². The molecule has 1 aromatic heterocycles. The zero-order valence-corrected chi connectivity index (χ0v) is 16.2. The molecule has 5 heteroatoms. The lowest BCUT2D eigenvalue weighted by Crippen LogP contribution is -2.25. The van der Waals surface area contributed by atoms with Gasteiger partial charge in [0, 0.05) is 11.6 Å². The fraction of sp³-hybridized carbons (Fsp3) is 0.381. The highest BCUT2D eigenvalue weighted by molar-refractivity contribution is 6.31. The molecule has 0 aliphatic rings. The minimum Gasteiger partial charge on any atom is -0.486 e. The van der Waals surface area contributed by atoms with E-state index in [1.54, 1.807) is 0 Å². The number of fused-ring (bicyclic) bond motifs is 1. The molecule has 26 heavy (non-hydrogen) atoms. The summed E-state index contributed by atoms with van der Waals surface area (Å²) in [7, 11) is 0. The van der Waals surface area contributed by atoms with Crippen LogP contribution in [-0.2, 0) is 13.2 Å². The van der Waals surface area contributed by atoms with Crippen molar-refractivity contribution in [2.45, 2.75) is 33.4 Å². The molecule has 0 bridgehead atoms. The van der Waals surface area contributed by atoms with E-state index in [-0.39, 0.29) is 0 Å². The predicted molar refractivity (Wildman–Crippen MR) is 108 cm³/mol. The molecule has 4 nitrogen and oxygen atoms in total. The Balaban J connectivity index is 1.79. The summed E-state index contributed by atoms with van der Waals surface area (Å²) < 4.78 is 8.20. The van der Waals surface area contributed by atoms with Crippen molar-refractivity contribution in [1.29, 1.82) is 0 Å². The maximum absolute atomic E-state index is 6.15. The van der Waals surface area contributed by atoms with Crippen molar-refractivity contribution in [2.24, 2.45) is 0 Å². The molecule has 0 atom stereocenters. The van der Waals surface area contributed by atoms with E-state index in [0.717, 1.165) is 55.2 Å². The number of nitrogens with zero attached hydrogens (tertiary/aromatic N) is 3. The predicted octanol–water partition coefficient (Wildman–Crippen LogP) is 5.00. The lowest BCUT2D eigenvalue weighted by molar-refractivity contribution is 0.279. The van der Waals surface area contributed by atoms with Gasteiger partial charge in [0.25, 0.3) is 0 Å². The van der Waals surface area contributed by atoms with Crippen LogP contribution in [0.2, 0.25) is 5.02 Å². The second-order valence-corrected chi connectivity index (χ2v) is 6.73. The lowest BCUT2D eigenvalue weighted by Gasteiger charge is -2.18. The van der Waals surface area contributed by atoms with Crippen molar-refractivity contribution in [2.75, 3.05) is 19.6 Å². The molecule has 2 aromatic carbocycles. The molecule has 1 heterocycles. The van der Waals surface area contributed by atoms with Crippen molar-refractivity contribution in [1.82, 2.24) is 14.5 Å². The highest BCUT2D eigenvalue weighted by Gasteiger charge is 2.12. The van der Waals surface area contributed by atoms with E-state index >= 15 is 0 Å². The molecule has 0 aliphatic heterocycles. The van der Waals surface area contributed by atoms with Crippen molar-refractivity contribution < 1.29 is 4.74 Å². The Morgan fingerprint density at radius 1 is 1.08 bits per heavy atom. The summed E-state index contributed by atoms with van der Waals surface area (Å²) in [6.07, 6.45) is 1.08. The number of aromatic nitrogens is 2. The topological polar surface area (TPSA) is 30.3 Å². The largest absolute Gasteiger partial charge is 0.486 e. The number of halogens is 1. The first kappa shape index (κ1) is 18.7. The summed E-state index contributed by atoms with van der Waals surface area (Å²) in [6.45, 7) is 9.03. The quantitative estimate of drug-likeness (QED) is 0.530. The summed E-state index contributed by atoms with van der Waals surface area (Å²) >= 11 is 6.15. The van der Waals surface area contributed by atoms with Crippen molar-refractivity contribution >= 4 is 22.6 Å². The van der Waals surface area contributed by atoms with Gasteiger partial charge in [0.05, 0.1) is 11.0 Å². The molecule has 0 saturated carbocycles. The monoisotopic (exact) mass is 371 g/mol. The van der Waals surface area contributed by atoms with Crippen molar-refractivity contribution in [3.05, 3.63) is 59.4 Å². The van der Waals surface area contributed by atoms with E-state index in [0.29, 0.717) is 11.6 Å². The van der Waals surface area contributed by atoms with Crippen LogP contribution in [0.3, 0.4) is 0 Å². The normalized spacial score (nSPS) is 11.4. The van der Waals surface area contributed by atoms with Gasteiger partial charge in [-0.1, -0.05) is 43.6 Å². The minimum absolute atomic E-state index is 0.446. The van der Waals surface area contributed by atoms with E-state index in [1.165, 1.54) is 0 Å². The third-order valence-corrected chi connectivity index (χ3v) is 4.89. The van der Waals surface area contributed by atoms with Gasteiger partial charge in [-0.2, -0.15) is 0 Å². The average Bonchev–Trinajstić information content (AvgIpc) is 3.01. The molecule has 3 aromatic rings. The first-order valence-electron chi connectivity index (χ1n) is 9.26. The maximum atomic E-state index is 6.15. The second-order valence-electron chi connectivity index (χ2n) is 6.29. The highest BCUT2D eigenvalue weighted by Crippen LogP contribution is 2.22. The van der Waals surface area contributed by atoms with Crippen LogP contribution in [0.25, 0.3) is 11.0 Å². The summed E-state index contributed by atoms with van der Waals surface area (Å²) in [5.41, 5.74) is 2.03. The van der Waals surface area contributed by atoms with E-state index < -0.39 is 0 Å². The van der Waals surface area contributed by atoms with Gasteiger partial charge in [-0.05, 0) is 56.4 Å². The Hall–Kier alpha value is -2.04. The molecule has 0 fully saturated rings. The number of hydrogen-bond donors (Lipinski definition) is 0. The van der Waals surface area contributed by atoms with Crippen LogP contribution in [0, 0.1) is 0 Å². The van der Waals surface area contributed by atoms with Gasteiger partial charge in [-0.15, -0.1) is 0 Å². The molecule has 0 saturated heterocycles. The van der Waals surface area contributed by atoms with Crippen LogP contribution in [0.1, 0.15) is 26.1 Å². The average molecular weight is 372 g/mol. The number of benzene rings is 2. The zero-order valence-electron chi connectivity index (χ0n) is 15.5. The van der Waals surface area contributed by atoms with Gasteiger partial charge in [0.1, 0.15) is 18.2 Å². The standard InChI is InChI=1S/C21H26ClN3O/c1-3-24(4-2)13-8-14-25-20-12-11-17(22)15-19(20)23-21(25)16-26-18-9-6-5-7-10-18/h5-7,9-12,15H,3-4,8,13-14,16H2,1-2H3. The smallest absolute Gasteiger partial charge is 0.147 e. The van der Waals surface area contributed by atoms with Crippen LogP contribution in [0.15, 0.2) is 48.5 Å². The van der Waals surface area contributed by atoms with Crippen LogP contribution in [0.5, 0.6) is 5.75 Å². The van der Waals surface area contributed by atoms with Crippen molar-refractivity contribution in [3.63, 3.8) is 0 Å². The summed E-state index contributed by atoms with van der Waals surface area (Å²) in [5.74, 6) is 1.79. The Morgan fingerprint density at radius 2 is 1.85 bits per heavy atom.